The van der Waals surface area contributed by atoms with Gasteiger partial charge in [0, 0.05) is 51.6 Å². The zero-order valence-corrected chi connectivity index (χ0v) is 24.2. The van der Waals surface area contributed by atoms with Crippen molar-refractivity contribution >= 4 is 42.6 Å². The van der Waals surface area contributed by atoms with Crippen LogP contribution in [-0.2, 0) is 19.5 Å². The van der Waals surface area contributed by atoms with Crippen LogP contribution in [0.5, 0.6) is 11.5 Å². The van der Waals surface area contributed by atoms with Crippen LogP contribution in [0, 0.1) is 0 Å². The fraction of sp³-hybridized carbons (Fsp3) is 0.462. The maximum atomic E-state index is 13.7. The molecule has 0 fully saturated rings. The quantitative estimate of drug-likeness (QED) is 0.285. The number of benzene rings is 2. The van der Waals surface area contributed by atoms with Crippen molar-refractivity contribution in [1.82, 2.24) is 14.2 Å². The predicted octanol–water partition coefficient (Wildman–Crippen LogP) is 2.91. The molecular weight excluding hydrogens is 544 g/mol. The molecule has 1 aliphatic rings. The Bertz CT molecular complexity index is 1330. The van der Waals surface area contributed by atoms with Crippen molar-refractivity contribution in [3.63, 3.8) is 0 Å². The third kappa shape index (κ3) is 6.86. The van der Waals surface area contributed by atoms with Gasteiger partial charge in [-0.1, -0.05) is 11.3 Å². The van der Waals surface area contributed by atoms with Gasteiger partial charge in [-0.3, -0.25) is 9.69 Å². The highest BCUT2D eigenvalue weighted by molar-refractivity contribution is 7.89. The molecule has 1 amide bonds. The summed E-state index contributed by atoms with van der Waals surface area (Å²) in [6.45, 7) is 2.32. The van der Waals surface area contributed by atoms with Gasteiger partial charge in [0.05, 0.1) is 28.3 Å². The normalized spacial score (nSPS) is 13.1. The number of aromatic nitrogens is 1. The van der Waals surface area contributed by atoms with E-state index in [-0.39, 0.29) is 43.9 Å². The molecule has 4 rings (SSSR count). The first-order valence-electron chi connectivity index (χ1n) is 12.5. The summed E-state index contributed by atoms with van der Waals surface area (Å²) in [5.41, 5.74) is 1.09. The van der Waals surface area contributed by atoms with Gasteiger partial charge in [0.2, 0.25) is 16.8 Å². The SMILES string of the molecule is COCCN(CCOC)S(=O)(=O)c1ccc(C(=O)N(CCCN(C)C)c2nc3cc4c(cc3s2)OCO4)cc1. The van der Waals surface area contributed by atoms with Gasteiger partial charge in [-0.15, -0.1) is 0 Å². The number of ether oxygens (including phenoxy) is 4. The monoisotopic (exact) mass is 578 g/mol. The van der Waals surface area contributed by atoms with Crippen LogP contribution in [0.1, 0.15) is 16.8 Å². The van der Waals surface area contributed by atoms with Gasteiger partial charge in [-0.2, -0.15) is 4.31 Å². The molecule has 13 heteroatoms. The molecule has 0 saturated heterocycles. The van der Waals surface area contributed by atoms with Crippen LogP contribution in [0.25, 0.3) is 10.2 Å². The molecule has 2 heterocycles. The Morgan fingerprint density at radius 2 is 1.62 bits per heavy atom. The van der Waals surface area contributed by atoms with E-state index < -0.39 is 10.0 Å². The molecule has 39 heavy (non-hydrogen) atoms. The number of sulfonamides is 1. The third-order valence-electron chi connectivity index (χ3n) is 6.16. The van der Waals surface area contributed by atoms with E-state index in [0.29, 0.717) is 28.7 Å². The molecule has 0 saturated carbocycles. The lowest BCUT2D eigenvalue weighted by Crippen LogP contribution is -2.36. The number of anilines is 1. The van der Waals surface area contributed by atoms with Crippen molar-refractivity contribution in [3.8, 4) is 11.5 Å². The molecule has 1 aromatic heterocycles. The largest absolute Gasteiger partial charge is 0.454 e. The average Bonchev–Trinajstić information content (AvgIpc) is 3.55. The Morgan fingerprint density at radius 3 is 2.23 bits per heavy atom. The second-order valence-electron chi connectivity index (χ2n) is 9.20. The Balaban J connectivity index is 1.60. The lowest BCUT2D eigenvalue weighted by Gasteiger charge is -2.22. The van der Waals surface area contributed by atoms with E-state index in [1.165, 1.54) is 42.0 Å². The Hall–Kier alpha value is -2.81. The van der Waals surface area contributed by atoms with E-state index in [4.69, 9.17) is 23.9 Å². The van der Waals surface area contributed by atoms with Crippen LogP contribution in [0.15, 0.2) is 41.3 Å². The summed E-state index contributed by atoms with van der Waals surface area (Å²) in [6, 6.07) is 9.71. The van der Waals surface area contributed by atoms with Gasteiger partial charge in [0.25, 0.3) is 5.91 Å². The van der Waals surface area contributed by atoms with E-state index in [0.717, 1.165) is 23.2 Å². The summed E-state index contributed by atoms with van der Waals surface area (Å²) in [6.07, 6.45) is 0.734. The molecule has 0 radical (unpaired) electrons. The number of rotatable bonds is 14. The second-order valence-corrected chi connectivity index (χ2v) is 12.1. The standard InChI is InChI=1S/C26H34N4O7S2/c1-28(2)10-5-11-30(26-27-21-16-22-23(37-18-36-22)17-24(21)38-26)25(31)19-6-8-20(9-7-19)39(32,33)29(12-14-34-3)13-15-35-4/h6-9,16-17H,5,10-15,18H2,1-4H3. The van der Waals surface area contributed by atoms with E-state index in [2.05, 4.69) is 4.90 Å². The van der Waals surface area contributed by atoms with Gasteiger partial charge in [-0.05, 0) is 51.3 Å². The van der Waals surface area contributed by atoms with Crippen molar-refractivity contribution in [2.24, 2.45) is 0 Å². The van der Waals surface area contributed by atoms with Crippen molar-refractivity contribution in [2.75, 3.05) is 79.4 Å². The smallest absolute Gasteiger partial charge is 0.260 e. The van der Waals surface area contributed by atoms with Crippen LogP contribution in [0.2, 0.25) is 0 Å². The van der Waals surface area contributed by atoms with Crippen LogP contribution < -0.4 is 14.4 Å². The second kappa shape index (κ2) is 13.0. The molecule has 0 spiro atoms. The number of nitrogens with zero attached hydrogens (tertiary/aromatic N) is 4. The summed E-state index contributed by atoms with van der Waals surface area (Å²) in [4.78, 5) is 22.2. The molecule has 0 aliphatic carbocycles. The fourth-order valence-corrected chi connectivity index (χ4v) is 6.47. The number of thiazole rings is 1. The number of amides is 1. The van der Waals surface area contributed by atoms with Crippen molar-refractivity contribution in [2.45, 2.75) is 11.3 Å². The molecule has 3 aromatic rings. The highest BCUT2D eigenvalue weighted by Crippen LogP contribution is 2.40. The van der Waals surface area contributed by atoms with Gasteiger partial charge < -0.3 is 23.8 Å². The number of methoxy groups -OCH3 is 2. The molecule has 0 N–H and O–H groups in total. The first kappa shape index (κ1) is 29.2. The summed E-state index contributed by atoms with van der Waals surface area (Å²) < 4.78 is 49.8. The molecule has 0 atom stereocenters. The van der Waals surface area contributed by atoms with E-state index in [1.807, 2.05) is 26.2 Å². The summed E-state index contributed by atoms with van der Waals surface area (Å²) in [5.74, 6) is 1.03. The zero-order valence-electron chi connectivity index (χ0n) is 22.6. The summed E-state index contributed by atoms with van der Waals surface area (Å²) >= 11 is 1.40. The summed E-state index contributed by atoms with van der Waals surface area (Å²) in [5, 5.41) is 0.555. The lowest BCUT2D eigenvalue weighted by atomic mass is 10.2. The molecule has 11 nitrogen and oxygen atoms in total. The highest BCUT2D eigenvalue weighted by Gasteiger charge is 2.26. The van der Waals surface area contributed by atoms with Crippen LogP contribution in [0.4, 0.5) is 5.13 Å². The van der Waals surface area contributed by atoms with E-state index in [9.17, 15) is 13.2 Å². The molecule has 0 bridgehead atoms. The highest BCUT2D eigenvalue weighted by atomic mass is 32.2. The Labute approximate surface area is 232 Å². The van der Waals surface area contributed by atoms with Crippen molar-refractivity contribution < 1.29 is 32.2 Å². The van der Waals surface area contributed by atoms with Crippen molar-refractivity contribution in [3.05, 3.63) is 42.0 Å². The molecular formula is C26H34N4O7S2. The molecule has 2 aromatic carbocycles. The van der Waals surface area contributed by atoms with Crippen LogP contribution in [0.3, 0.4) is 0 Å². The maximum Gasteiger partial charge on any atom is 0.260 e. The maximum absolute atomic E-state index is 13.7. The number of hydrogen-bond donors (Lipinski definition) is 0. The molecule has 0 unspecified atom stereocenters. The number of carbonyl (C=O) groups excluding carboxylic acids is 1. The number of fused-ring (bicyclic) bond motifs is 2. The van der Waals surface area contributed by atoms with Crippen LogP contribution in [-0.4, -0.2) is 103 Å². The lowest BCUT2D eigenvalue weighted by molar-refractivity contribution is 0.0986. The topological polar surface area (TPSA) is 111 Å². The molecule has 212 valence electrons. The fourth-order valence-electron chi connectivity index (χ4n) is 4.06. The molecule has 1 aliphatic heterocycles. The van der Waals surface area contributed by atoms with Gasteiger partial charge in [0.1, 0.15) is 0 Å². The van der Waals surface area contributed by atoms with Crippen LogP contribution >= 0.6 is 11.3 Å². The Kier molecular flexibility index (Phi) is 9.75. The van der Waals surface area contributed by atoms with Gasteiger partial charge >= 0.3 is 0 Å². The van der Waals surface area contributed by atoms with E-state index >= 15 is 0 Å². The van der Waals surface area contributed by atoms with Crippen molar-refractivity contribution in [1.29, 1.82) is 0 Å². The van der Waals surface area contributed by atoms with Gasteiger partial charge in [-0.25, -0.2) is 13.4 Å². The Morgan fingerprint density at radius 1 is 0.974 bits per heavy atom. The minimum atomic E-state index is -3.80. The first-order valence-corrected chi connectivity index (χ1v) is 14.7. The summed E-state index contributed by atoms with van der Waals surface area (Å²) in [7, 11) is 3.20. The minimum Gasteiger partial charge on any atom is -0.454 e. The van der Waals surface area contributed by atoms with E-state index in [1.54, 1.807) is 17.0 Å². The third-order valence-corrected chi connectivity index (χ3v) is 9.12. The first-order chi connectivity index (χ1) is 18.7. The zero-order chi connectivity index (χ0) is 28.0. The predicted molar refractivity (Wildman–Crippen MR) is 150 cm³/mol. The number of carbonyl (C=O) groups is 1. The minimum absolute atomic E-state index is 0.0971. The van der Waals surface area contributed by atoms with Gasteiger partial charge in [0.15, 0.2) is 16.6 Å². The number of hydrogen-bond acceptors (Lipinski definition) is 10. The average molecular weight is 579 g/mol.